The molecule has 0 aromatic heterocycles. The van der Waals surface area contributed by atoms with E-state index >= 15 is 0 Å². The number of benzene rings is 7. The molecule has 0 N–H and O–H groups in total. The van der Waals surface area contributed by atoms with Gasteiger partial charge in [-0.25, -0.2) is 0 Å². The highest BCUT2D eigenvalue weighted by Crippen LogP contribution is 2.37. The third-order valence-electron chi connectivity index (χ3n) is 9.38. The van der Waals surface area contributed by atoms with Crippen LogP contribution in [0.25, 0.3) is 71.8 Å². The summed E-state index contributed by atoms with van der Waals surface area (Å²) >= 11 is 0. The van der Waals surface area contributed by atoms with Gasteiger partial charge < -0.3 is 0 Å². The molecule has 0 unspecified atom stereocenters. The third-order valence-corrected chi connectivity index (χ3v) is 9.38. The molecule has 0 aliphatic carbocycles. The third kappa shape index (κ3) is 5.75. The minimum absolute atomic E-state index is 0.874. The van der Waals surface area contributed by atoms with Gasteiger partial charge in [0.25, 0.3) is 0 Å². The van der Waals surface area contributed by atoms with Gasteiger partial charge in [-0.3, -0.25) is 0 Å². The van der Waals surface area contributed by atoms with Gasteiger partial charge in [-0.1, -0.05) is 160 Å². The molecule has 0 amide bonds. The van der Waals surface area contributed by atoms with E-state index in [-0.39, 0.29) is 0 Å². The monoisotopic (exact) mass is 602 g/mol. The first-order chi connectivity index (χ1) is 23.1. The number of allylic oxidation sites excluding steroid dienone is 5. The van der Waals surface area contributed by atoms with Gasteiger partial charge >= 0.3 is 0 Å². The van der Waals surface area contributed by atoms with Gasteiger partial charge in [0, 0.05) is 0 Å². The molecule has 0 aliphatic heterocycles. The minimum Gasteiger partial charge on any atom is -0.0984 e. The van der Waals surface area contributed by atoms with Crippen LogP contribution in [0.3, 0.4) is 0 Å². The van der Waals surface area contributed by atoms with E-state index in [1.807, 2.05) is 6.08 Å². The van der Waals surface area contributed by atoms with Crippen molar-refractivity contribution in [1.82, 2.24) is 0 Å². The van der Waals surface area contributed by atoms with Gasteiger partial charge in [0.15, 0.2) is 0 Å². The predicted octanol–water partition coefficient (Wildman–Crippen LogP) is 13.6. The van der Waals surface area contributed by atoms with Crippen molar-refractivity contribution in [2.24, 2.45) is 0 Å². The molecule has 0 aliphatic rings. The van der Waals surface area contributed by atoms with Crippen LogP contribution in [-0.2, 0) is 0 Å². The summed E-state index contributed by atoms with van der Waals surface area (Å²) in [5.41, 5.74) is 11.8. The molecular formula is C47H38. The van der Waals surface area contributed by atoms with Gasteiger partial charge in [-0.05, 0) is 120 Å². The molecule has 226 valence electrons. The molecule has 0 saturated heterocycles. The van der Waals surface area contributed by atoms with Crippen molar-refractivity contribution in [1.29, 1.82) is 0 Å². The molecule has 7 aromatic rings. The molecule has 0 saturated carbocycles. The average Bonchev–Trinajstić information content (AvgIpc) is 3.14. The van der Waals surface area contributed by atoms with E-state index in [1.165, 1.54) is 71.3 Å². The number of hydrogen-bond donors (Lipinski definition) is 0. The van der Waals surface area contributed by atoms with Gasteiger partial charge in [-0.15, -0.1) is 0 Å². The maximum Gasteiger partial charge on any atom is -0.00990 e. The Balaban J connectivity index is 1.24. The van der Waals surface area contributed by atoms with E-state index in [9.17, 15) is 0 Å². The van der Waals surface area contributed by atoms with Crippen LogP contribution in [-0.4, -0.2) is 0 Å². The minimum atomic E-state index is 0.874. The van der Waals surface area contributed by atoms with Crippen molar-refractivity contribution in [3.05, 3.63) is 187 Å². The Bertz CT molecular complexity index is 2350. The lowest BCUT2D eigenvalue weighted by atomic mass is 9.87. The smallest absolute Gasteiger partial charge is 0.00990 e. The van der Waals surface area contributed by atoms with Crippen LogP contribution in [0.5, 0.6) is 0 Å². The zero-order chi connectivity index (χ0) is 32.3. The highest BCUT2D eigenvalue weighted by Gasteiger charge is 2.14. The first-order valence-corrected chi connectivity index (χ1v) is 16.4. The van der Waals surface area contributed by atoms with Crippen molar-refractivity contribution < 1.29 is 0 Å². The molecule has 0 radical (unpaired) electrons. The lowest BCUT2D eigenvalue weighted by molar-refractivity contribution is 1.16. The highest BCUT2D eigenvalue weighted by molar-refractivity contribution is 6.02. The fourth-order valence-electron chi connectivity index (χ4n) is 6.79. The van der Waals surface area contributed by atoms with Crippen molar-refractivity contribution in [3.8, 4) is 22.3 Å². The van der Waals surface area contributed by atoms with Gasteiger partial charge in [-0.2, -0.15) is 0 Å². The highest BCUT2D eigenvalue weighted by atomic mass is 14.2. The molecule has 0 nitrogen and oxygen atoms in total. The Morgan fingerprint density at radius 2 is 1.23 bits per heavy atom. The summed E-state index contributed by atoms with van der Waals surface area (Å²) in [6.07, 6.45) is 7.36. The summed E-state index contributed by atoms with van der Waals surface area (Å²) in [4.78, 5) is 0. The Hall–Kier alpha value is -5.72. The maximum atomic E-state index is 4.65. The summed E-state index contributed by atoms with van der Waals surface area (Å²) < 4.78 is 0. The van der Waals surface area contributed by atoms with Crippen LogP contribution < -0.4 is 0 Å². The second-order valence-corrected chi connectivity index (χ2v) is 12.1. The SMILES string of the molecule is C=Cc1cc2c(-c3ccc(-c4ccc5ccccc5c4)cc3)cccc2cc1C(=C)/C(=C/C(=C\C)c1cccc2ccccc12)CC. The van der Waals surface area contributed by atoms with Crippen LogP contribution in [0.15, 0.2) is 170 Å². The second kappa shape index (κ2) is 12.9. The molecule has 47 heavy (non-hydrogen) atoms. The topological polar surface area (TPSA) is 0 Å². The van der Waals surface area contributed by atoms with Gasteiger partial charge in [0.05, 0.1) is 0 Å². The fraction of sp³-hybridized carbons (Fsp3) is 0.0638. The summed E-state index contributed by atoms with van der Waals surface area (Å²) in [5.74, 6) is 0. The molecule has 0 bridgehead atoms. The van der Waals surface area contributed by atoms with Crippen LogP contribution in [0.4, 0.5) is 0 Å². The first kappa shape index (κ1) is 30.0. The van der Waals surface area contributed by atoms with E-state index in [0.717, 1.165) is 23.1 Å². The average molecular weight is 603 g/mol. The van der Waals surface area contributed by atoms with E-state index in [2.05, 4.69) is 179 Å². The molecular weight excluding hydrogens is 565 g/mol. The molecule has 0 spiro atoms. The van der Waals surface area contributed by atoms with Crippen molar-refractivity contribution >= 4 is 49.5 Å². The van der Waals surface area contributed by atoms with Gasteiger partial charge in [0.2, 0.25) is 0 Å². The van der Waals surface area contributed by atoms with E-state index in [0.29, 0.717) is 0 Å². The molecule has 0 fully saturated rings. The predicted molar refractivity (Wildman–Crippen MR) is 207 cm³/mol. The maximum absolute atomic E-state index is 4.65. The van der Waals surface area contributed by atoms with E-state index in [4.69, 9.17) is 0 Å². The lowest BCUT2D eigenvalue weighted by Gasteiger charge is -2.17. The van der Waals surface area contributed by atoms with Crippen LogP contribution in [0, 0.1) is 0 Å². The quantitative estimate of drug-likeness (QED) is 0.152. The summed E-state index contributed by atoms with van der Waals surface area (Å²) in [5, 5.41) is 7.43. The fourth-order valence-corrected chi connectivity index (χ4v) is 6.79. The Morgan fingerprint density at radius 1 is 0.574 bits per heavy atom. The standard InChI is InChI=1S/C47H38/c1-5-33(28-34(6-2)43-20-12-17-38-15-10-11-19-44(38)43)32(4)46-31-42-18-13-21-45(47(42)30-35(46)7-3)39-25-22-37(23-26-39)41-27-24-36-14-8-9-16-40(36)29-41/h6-31H,3-5H2,1-2H3/b33-28+,34-6+. The summed E-state index contributed by atoms with van der Waals surface area (Å²) in [7, 11) is 0. The summed E-state index contributed by atoms with van der Waals surface area (Å²) in [6, 6.07) is 50.4. The van der Waals surface area contributed by atoms with Crippen LogP contribution in [0.2, 0.25) is 0 Å². The van der Waals surface area contributed by atoms with Gasteiger partial charge in [0.1, 0.15) is 0 Å². The molecule has 0 heteroatoms. The van der Waals surface area contributed by atoms with Crippen molar-refractivity contribution in [3.63, 3.8) is 0 Å². The summed E-state index contributed by atoms with van der Waals surface area (Å²) in [6.45, 7) is 13.2. The molecule has 0 atom stereocenters. The zero-order valence-corrected chi connectivity index (χ0v) is 27.1. The molecule has 0 heterocycles. The van der Waals surface area contributed by atoms with Crippen LogP contribution in [0.1, 0.15) is 37.0 Å². The Labute approximate surface area is 278 Å². The second-order valence-electron chi connectivity index (χ2n) is 12.1. The zero-order valence-electron chi connectivity index (χ0n) is 27.1. The Kier molecular flexibility index (Phi) is 8.25. The molecule has 7 aromatic carbocycles. The van der Waals surface area contributed by atoms with Crippen LogP contribution >= 0.6 is 0 Å². The number of hydrogen-bond acceptors (Lipinski definition) is 0. The van der Waals surface area contributed by atoms with Crippen molar-refractivity contribution in [2.45, 2.75) is 20.3 Å². The lowest BCUT2D eigenvalue weighted by Crippen LogP contribution is -1.95. The number of rotatable bonds is 8. The molecule has 7 rings (SSSR count). The Morgan fingerprint density at radius 3 is 2.00 bits per heavy atom. The number of fused-ring (bicyclic) bond motifs is 3. The first-order valence-electron chi connectivity index (χ1n) is 16.4. The van der Waals surface area contributed by atoms with E-state index < -0.39 is 0 Å². The normalized spacial score (nSPS) is 12.1. The van der Waals surface area contributed by atoms with E-state index in [1.54, 1.807) is 0 Å². The largest absolute Gasteiger partial charge is 0.0984 e. The van der Waals surface area contributed by atoms with Crippen molar-refractivity contribution in [2.75, 3.05) is 0 Å².